The Bertz CT molecular complexity index is 870. The zero-order chi connectivity index (χ0) is 22.9. The highest BCUT2D eigenvalue weighted by Gasteiger charge is 2.44. The van der Waals surface area contributed by atoms with Gasteiger partial charge in [0.25, 0.3) is 5.91 Å². The Morgan fingerprint density at radius 2 is 1.52 bits per heavy atom. The van der Waals surface area contributed by atoms with Gasteiger partial charge in [-0.2, -0.15) is 0 Å². The fourth-order valence-corrected chi connectivity index (χ4v) is 3.42. The number of benzene rings is 2. The first-order chi connectivity index (χ1) is 14.8. The van der Waals surface area contributed by atoms with Crippen LogP contribution in [0.5, 0.6) is 0 Å². The lowest BCUT2D eigenvalue weighted by Crippen LogP contribution is -2.56. The van der Waals surface area contributed by atoms with Gasteiger partial charge in [0.05, 0.1) is 5.92 Å². The molecule has 0 unspecified atom stereocenters. The number of rotatable bonds is 11. The molecule has 3 atom stereocenters. The molecule has 2 rings (SSSR count). The number of carboxylic acid groups (broad SMARTS) is 1. The van der Waals surface area contributed by atoms with Crippen molar-refractivity contribution in [1.82, 2.24) is 10.8 Å². The normalized spacial score (nSPS) is 14.7. The van der Waals surface area contributed by atoms with E-state index in [4.69, 9.17) is 5.21 Å². The maximum Gasteiger partial charge on any atom is 0.326 e. The third-order valence-corrected chi connectivity index (χ3v) is 5.25. The largest absolute Gasteiger partial charge is 0.480 e. The van der Waals surface area contributed by atoms with Gasteiger partial charge in [-0.15, -0.1) is 0 Å². The number of hydroxylamine groups is 1. The molecule has 0 heterocycles. The lowest BCUT2D eigenvalue weighted by atomic mass is 9.83. The maximum absolute atomic E-state index is 13.0. The molecule has 31 heavy (non-hydrogen) atoms. The van der Waals surface area contributed by atoms with Crippen molar-refractivity contribution in [1.29, 1.82) is 0 Å². The Morgan fingerprint density at radius 1 is 0.968 bits per heavy atom. The number of aliphatic hydroxyl groups is 1. The van der Waals surface area contributed by atoms with Gasteiger partial charge < -0.3 is 15.5 Å². The minimum absolute atomic E-state index is 0.0486. The van der Waals surface area contributed by atoms with Gasteiger partial charge in [-0.3, -0.25) is 14.8 Å². The van der Waals surface area contributed by atoms with Crippen molar-refractivity contribution < 1.29 is 29.8 Å². The monoisotopic (exact) mass is 428 g/mol. The van der Waals surface area contributed by atoms with Crippen LogP contribution < -0.4 is 10.8 Å². The molecule has 0 aliphatic rings. The highest BCUT2D eigenvalue weighted by molar-refractivity contribution is 5.93. The third-order valence-electron chi connectivity index (χ3n) is 5.25. The predicted molar refractivity (Wildman–Crippen MR) is 113 cm³/mol. The number of carboxylic acids is 1. The van der Waals surface area contributed by atoms with Crippen LogP contribution in [0, 0.1) is 5.92 Å². The smallest absolute Gasteiger partial charge is 0.326 e. The van der Waals surface area contributed by atoms with Crippen molar-refractivity contribution in [2.45, 2.75) is 44.2 Å². The molecule has 0 aliphatic carbocycles. The molecule has 8 nitrogen and oxygen atoms in total. The predicted octanol–water partition coefficient (Wildman–Crippen LogP) is 1.69. The molecule has 0 radical (unpaired) electrons. The lowest BCUT2D eigenvalue weighted by molar-refractivity contribution is -0.159. The molecule has 2 aromatic carbocycles. The minimum Gasteiger partial charge on any atom is -0.480 e. The Morgan fingerprint density at radius 3 is 2.03 bits per heavy atom. The van der Waals surface area contributed by atoms with Crippen molar-refractivity contribution in [3.05, 3.63) is 71.8 Å². The molecule has 8 heteroatoms. The van der Waals surface area contributed by atoms with E-state index in [1.807, 2.05) is 30.3 Å². The average Bonchev–Trinajstić information content (AvgIpc) is 2.76. The molecule has 0 fully saturated rings. The van der Waals surface area contributed by atoms with Crippen LogP contribution in [0.2, 0.25) is 0 Å². The summed E-state index contributed by atoms with van der Waals surface area (Å²) >= 11 is 0. The number of aryl methyl sites for hydroxylation is 1. The van der Waals surface area contributed by atoms with E-state index in [9.17, 15) is 24.6 Å². The van der Waals surface area contributed by atoms with Crippen molar-refractivity contribution >= 4 is 17.8 Å². The number of carbonyl (C=O) groups excluding carboxylic acids is 2. The van der Waals surface area contributed by atoms with Crippen LogP contribution >= 0.6 is 0 Å². The van der Waals surface area contributed by atoms with Gasteiger partial charge in [0, 0.05) is 6.42 Å². The Balaban J connectivity index is 2.15. The lowest BCUT2D eigenvalue weighted by Gasteiger charge is -2.31. The van der Waals surface area contributed by atoms with E-state index >= 15 is 0 Å². The molecule has 0 aromatic heterocycles. The zero-order valence-corrected chi connectivity index (χ0v) is 17.3. The van der Waals surface area contributed by atoms with E-state index in [0.717, 1.165) is 18.1 Å². The Kier molecular flexibility index (Phi) is 8.72. The molecular formula is C23H28N2O6. The summed E-state index contributed by atoms with van der Waals surface area (Å²) in [7, 11) is 0. The number of amides is 2. The van der Waals surface area contributed by atoms with Crippen LogP contribution in [0.15, 0.2) is 60.7 Å². The second-order valence-corrected chi connectivity index (χ2v) is 7.61. The van der Waals surface area contributed by atoms with Crippen molar-refractivity contribution in [2.75, 3.05) is 0 Å². The summed E-state index contributed by atoms with van der Waals surface area (Å²) in [6.07, 6.45) is 1.23. The SMILES string of the molecule is C[C@](O)(C(=O)NO)[C@@H](CCCc1ccccc1)C(=O)N[C@@H](Cc1ccccc1)C(=O)O. The third kappa shape index (κ3) is 6.91. The number of hydrogen-bond donors (Lipinski definition) is 5. The minimum atomic E-state index is -2.23. The molecule has 0 saturated heterocycles. The van der Waals surface area contributed by atoms with Gasteiger partial charge in [0.15, 0.2) is 5.60 Å². The van der Waals surface area contributed by atoms with Gasteiger partial charge in [0.1, 0.15) is 6.04 Å². The van der Waals surface area contributed by atoms with E-state index in [0.29, 0.717) is 12.8 Å². The van der Waals surface area contributed by atoms with Crippen molar-refractivity contribution in [2.24, 2.45) is 5.92 Å². The van der Waals surface area contributed by atoms with E-state index in [1.54, 1.807) is 30.3 Å². The highest BCUT2D eigenvalue weighted by atomic mass is 16.5. The molecule has 2 amide bonds. The zero-order valence-electron chi connectivity index (χ0n) is 17.3. The molecule has 0 bridgehead atoms. The van der Waals surface area contributed by atoms with Crippen molar-refractivity contribution in [3.8, 4) is 0 Å². The fraction of sp³-hybridized carbons (Fsp3) is 0.348. The van der Waals surface area contributed by atoms with Gasteiger partial charge in [-0.05, 0) is 37.3 Å². The number of carbonyl (C=O) groups is 3. The fourth-order valence-electron chi connectivity index (χ4n) is 3.42. The van der Waals surface area contributed by atoms with E-state index in [-0.39, 0.29) is 12.8 Å². The second kappa shape index (κ2) is 11.2. The average molecular weight is 428 g/mol. The quantitative estimate of drug-likeness (QED) is 0.273. The van der Waals surface area contributed by atoms with Crippen LogP contribution in [0.4, 0.5) is 0 Å². The summed E-state index contributed by atoms with van der Waals surface area (Å²) in [6.45, 7) is 1.12. The summed E-state index contributed by atoms with van der Waals surface area (Å²) < 4.78 is 0. The van der Waals surface area contributed by atoms with E-state index < -0.39 is 35.3 Å². The summed E-state index contributed by atoms with van der Waals surface area (Å²) in [5, 5.41) is 31.6. The Labute approximate surface area is 180 Å². The van der Waals surface area contributed by atoms with Gasteiger partial charge in [-0.1, -0.05) is 60.7 Å². The van der Waals surface area contributed by atoms with Crippen molar-refractivity contribution in [3.63, 3.8) is 0 Å². The molecule has 0 aliphatic heterocycles. The first-order valence-electron chi connectivity index (χ1n) is 10.0. The summed E-state index contributed by atoms with van der Waals surface area (Å²) in [5.74, 6) is -4.40. The van der Waals surface area contributed by atoms with Gasteiger partial charge in [0.2, 0.25) is 5.91 Å². The number of aliphatic carboxylic acids is 1. The molecule has 5 N–H and O–H groups in total. The van der Waals surface area contributed by atoms with Crippen LogP contribution in [0.1, 0.15) is 30.9 Å². The number of nitrogens with one attached hydrogen (secondary N) is 2. The molecule has 0 spiro atoms. The van der Waals surface area contributed by atoms with Gasteiger partial charge >= 0.3 is 5.97 Å². The first-order valence-corrected chi connectivity index (χ1v) is 10.0. The molecule has 166 valence electrons. The second-order valence-electron chi connectivity index (χ2n) is 7.61. The summed E-state index contributed by atoms with van der Waals surface area (Å²) in [5.41, 5.74) is 0.895. The molecular weight excluding hydrogens is 400 g/mol. The standard InChI is InChI=1S/C23H28N2O6/c1-23(30,22(29)25-31)18(14-8-13-16-9-4-2-5-10-16)20(26)24-19(21(27)28)15-17-11-6-3-7-12-17/h2-7,9-12,18-19,30-31H,8,13-15H2,1H3,(H,24,26)(H,25,29)(H,27,28)/t18-,19-,23+/m0/s1. The molecule has 2 aromatic rings. The molecule has 0 saturated carbocycles. The van der Waals surface area contributed by atoms with Crippen LogP contribution in [-0.2, 0) is 27.2 Å². The Hall–Kier alpha value is -3.23. The van der Waals surface area contributed by atoms with E-state index in [1.165, 1.54) is 5.48 Å². The topological polar surface area (TPSA) is 136 Å². The van der Waals surface area contributed by atoms with Crippen LogP contribution in [0.25, 0.3) is 0 Å². The number of hydrogen-bond acceptors (Lipinski definition) is 5. The van der Waals surface area contributed by atoms with Crippen LogP contribution in [-0.4, -0.2) is 44.8 Å². The van der Waals surface area contributed by atoms with Gasteiger partial charge in [-0.25, -0.2) is 10.3 Å². The summed E-state index contributed by atoms with van der Waals surface area (Å²) in [4.78, 5) is 36.7. The maximum atomic E-state index is 13.0. The van der Waals surface area contributed by atoms with Crippen LogP contribution in [0.3, 0.4) is 0 Å². The first kappa shape index (κ1) is 24.0. The highest BCUT2D eigenvalue weighted by Crippen LogP contribution is 2.24. The summed E-state index contributed by atoms with van der Waals surface area (Å²) in [6, 6.07) is 17.1. The van der Waals surface area contributed by atoms with E-state index in [2.05, 4.69) is 5.32 Å².